The van der Waals surface area contributed by atoms with Gasteiger partial charge < -0.3 is 14.8 Å². The number of hydrogen-bond acceptors (Lipinski definition) is 7. The Hall–Kier alpha value is -4.31. The Bertz CT molecular complexity index is 1430. The van der Waals surface area contributed by atoms with Crippen LogP contribution in [0.3, 0.4) is 0 Å². The zero-order chi connectivity index (χ0) is 23.7. The van der Waals surface area contributed by atoms with Crippen molar-refractivity contribution < 1.29 is 19.2 Å². The van der Waals surface area contributed by atoms with Crippen LogP contribution in [-0.2, 0) is 0 Å². The summed E-state index contributed by atoms with van der Waals surface area (Å²) in [5, 5.41) is 26.8. The number of aromatic nitrogens is 1. The number of nitrogens with one attached hydrogen (secondary N) is 2. The van der Waals surface area contributed by atoms with Crippen molar-refractivity contribution >= 4 is 45.7 Å². The van der Waals surface area contributed by atoms with E-state index in [0.29, 0.717) is 22.4 Å². The van der Waals surface area contributed by atoms with Crippen LogP contribution < -0.4 is 10.6 Å². The second-order valence-electron chi connectivity index (χ2n) is 7.34. The normalized spacial score (nSPS) is 10.7. The Balaban J connectivity index is 1.49. The van der Waals surface area contributed by atoms with Crippen LogP contribution in [0.15, 0.2) is 59.0 Å². The van der Waals surface area contributed by atoms with Crippen LogP contribution in [0, 0.1) is 24.0 Å². The Kier molecular flexibility index (Phi) is 5.76. The second kappa shape index (κ2) is 8.67. The second-order valence-corrected chi connectivity index (χ2v) is 7.75. The standard InChI is InChI=1S/C23H18N4O5S/c1-12-6-9-17-20(10-12)32-22(25-17)16-8-7-14(11-19(16)28)24-23(33)26-21(29)15-4-3-5-18(13(15)2)27(30)31/h3-11,28H,1-2H3,(H2,24,26,29,33). The number of aryl methyl sites for hydroxylation is 1. The van der Waals surface area contributed by atoms with Gasteiger partial charge in [-0.2, -0.15) is 0 Å². The maximum atomic E-state index is 12.5. The van der Waals surface area contributed by atoms with Crippen LogP contribution >= 0.6 is 12.2 Å². The summed E-state index contributed by atoms with van der Waals surface area (Å²) >= 11 is 5.18. The van der Waals surface area contributed by atoms with E-state index < -0.39 is 10.8 Å². The monoisotopic (exact) mass is 462 g/mol. The molecule has 166 valence electrons. The number of carbonyl (C=O) groups excluding carboxylic acids is 1. The summed E-state index contributed by atoms with van der Waals surface area (Å²) < 4.78 is 5.75. The molecule has 4 rings (SSSR count). The lowest BCUT2D eigenvalue weighted by atomic mass is 10.1. The van der Waals surface area contributed by atoms with E-state index >= 15 is 0 Å². The van der Waals surface area contributed by atoms with E-state index in [-0.39, 0.29) is 33.6 Å². The molecule has 9 nitrogen and oxygen atoms in total. The number of nitro benzene ring substituents is 1. The molecule has 1 heterocycles. The van der Waals surface area contributed by atoms with Gasteiger partial charge in [0.1, 0.15) is 11.3 Å². The van der Waals surface area contributed by atoms with E-state index in [1.54, 1.807) is 12.1 Å². The average molecular weight is 462 g/mol. The van der Waals surface area contributed by atoms with Gasteiger partial charge in [-0.15, -0.1) is 0 Å². The molecule has 0 aliphatic carbocycles. The van der Waals surface area contributed by atoms with Gasteiger partial charge in [0.15, 0.2) is 10.7 Å². The zero-order valence-electron chi connectivity index (χ0n) is 17.6. The van der Waals surface area contributed by atoms with Gasteiger partial charge >= 0.3 is 0 Å². The van der Waals surface area contributed by atoms with Crippen LogP contribution in [0.5, 0.6) is 5.75 Å². The van der Waals surface area contributed by atoms with Gasteiger partial charge in [-0.05, 0) is 62.0 Å². The van der Waals surface area contributed by atoms with Crippen LogP contribution in [0.2, 0.25) is 0 Å². The van der Waals surface area contributed by atoms with Crippen molar-refractivity contribution in [2.75, 3.05) is 5.32 Å². The number of amides is 1. The minimum absolute atomic E-state index is 0.0320. The van der Waals surface area contributed by atoms with Gasteiger partial charge in [-0.25, -0.2) is 4.98 Å². The molecule has 0 radical (unpaired) electrons. The van der Waals surface area contributed by atoms with Crippen molar-refractivity contribution in [1.29, 1.82) is 0 Å². The van der Waals surface area contributed by atoms with E-state index in [0.717, 1.165) is 5.56 Å². The number of phenolic OH excluding ortho intramolecular Hbond substituents is 1. The van der Waals surface area contributed by atoms with Crippen LogP contribution in [-0.4, -0.2) is 26.0 Å². The number of phenols is 1. The van der Waals surface area contributed by atoms with E-state index in [9.17, 15) is 20.0 Å². The van der Waals surface area contributed by atoms with Crippen molar-refractivity contribution in [1.82, 2.24) is 10.3 Å². The van der Waals surface area contributed by atoms with E-state index in [4.69, 9.17) is 16.6 Å². The van der Waals surface area contributed by atoms with E-state index in [1.165, 1.54) is 31.2 Å². The fraction of sp³-hybridized carbons (Fsp3) is 0.0870. The quantitative estimate of drug-likeness (QED) is 0.223. The Morgan fingerprint density at radius 1 is 1.15 bits per heavy atom. The molecule has 3 aromatic carbocycles. The molecule has 0 saturated heterocycles. The van der Waals surface area contributed by atoms with Crippen LogP contribution in [0.4, 0.5) is 11.4 Å². The third-order valence-corrected chi connectivity index (χ3v) is 5.21. The number of carbonyl (C=O) groups is 1. The topological polar surface area (TPSA) is 131 Å². The number of oxazole rings is 1. The number of benzene rings is 3. The summed E-state index contributed by atoms with van der Waals surface area (Å²) in [4.78, 5) is 27.5. The maximum absolute atomic E-state index is 12.5. The number of aromatic hydroxyl groups is 1. The SMILES string of the molecule is Cc1ccc2nc(-c3ccc(NC(=S)NC(=O)c4cccc([N+](=O)[O-])c4C)cc3O)oc2c1. The molecule has 0 unspecified atom stereocenters. The highest BCUT2D eigenvalue weighted by Gasteiger charge is 2.19. The number of rotatable bonds is 4. The van der Waals surface area contributed by atoms with Crippen LogP contribution in [0.1, 0.15) is 21.5 Å². The first-order chi connectivity index (χ1) is 15.7. The summed E-state index contributed by atoms with van der Waals surface area (Å²) in [7, 11) is 0. The van der Waals surface area contributed by atoms with E-state index in [2.05, 4.69) is 15.6 Å². The van der Waals surface area contributed by atoms with Gasteiger partial charge in [0.2, 0.25) is 5.89 Å². The van der Waals surface area contributed by atoms with Gasteiger partial charge in [0, 0.05) is 28.9 Å². The molecule has 3 N–H and O–H groups in total. The van der Waals surface area contributed by atoms with Crippen molar-refractivity contribution in [3.63, 3.8) is 0 Å². The van der Waals surface area contributed by atoms with Gasteiger partial charge in [-0.1, -0.05) is 12.1 Å². The lowest BCUT2D eigenvalue weighted by molar-refractivity contribution is -0.385. The maximum Gasteiger partial charge on any atom is 0.273 e. The Morgan fingerprint density at radius 3 is 2.67 bits per heavy atom. The van der Waals surface area contributed by atoms with Crippen molar-refractivity contribution in [3.05, 3.63) is 81.4 Å². The summed E-state index contributed by atoms with van der Waals surface area (Å²) in [5.74, 6) is -0.403. The molecule has 0 spiro atoms. The van der Waals surface area contributed by atoms with Crippen LogP contribution in [0.25, 0.3) is 22.6 Å². The summed E-state index contributed by atoms with van der Waals surface area (Å²) in [6, 6.07) is 14.5. The Morgan fingerprint density at radius 2 is 1.94 bits per heavy atom. The third kappa shape index (κ3) is 4.51. The molecule has 0 saturated carbocycles. The molecule has 0 atom stereocenters. The molecule has 10 heteroatoms. The predicted octanol–water partition coefficient (Wildman–Crippen LogP) is 4.85. The lowest BCUT2D eigenvalue weighted by Gasteiger charge is -2.12. The third-order valence-electron chi connectivity index (χ3n) is 5.00. The molecule has 4 aromatic rings. The fourth-order valence-electron chi connectivity index (χ4n) is 3.34. The zero-order valence-corrected chi connectivity index (χ0v) is 18.4. The van der Waals surface area contributed by atoms with Crippen molar-refractivity contribution in [2.45, 2.75) is 13.8 Å². The number of nitrogens with zero attached hydrogens (tertiary/aromatic N) is 2. The number of thiocarbonyl (C=S) groups is 1. The predicted molar refractivity (Wildman–Crippen MR) is 127 cm³/mol. The first kappa shape index (κ1) is 21.9. The largest absolute Gasteiger partial charge is 0.507 e. The van der Waals surface area contributed by atoms with Gasteiger partial charge in [-0.3, -0.25) is 20.2 Å². The van der Waals surface area contributed by atoms with Crippen molar-refractivity contribution in [3.8, 4) is 17.2 Å². The smallest absolute Gasteiger partial charge is 0.273 e. The number of nitro groups is 1. The highest BCUT2D eigenvalue weighted by molar-refractivity contribution is 7.80. The first-order valence-electron chi connectivity index (χ1n) is 9.80. The molecule has 0 fully saturated rings. The molecular weight excluding hydrogens is 444 g/mol. The first-order valence-corrected chi connectivity index (χ1v) is 10.2. The number of hydrogen-bond donors (Lipinski definition) is 3. The minimum Gasteiger partial charge on any atom is -0.507 e. The van der Waals surface area contributed by atoms with Crippen molar-refractivity contribution in [2.24, 2.45) is 0 Å². The number of fused-ring (bicyclic) bond motifs is 1. The summed E-state index contributed by atoms with van der Waals surface area (Å²) in [5.41, 5.74) is 3.36. The average Bonchev–Trinajstić information content (AvgIpc) is 3.16. The molecule has 0 aliphatic rings. The fourth-order valence-corrected chi connectivity index (χ4v) is 3.55. The summed E-state index contributed by atoms with van der Waals surface area (Å²) in [6.07, 6.45) is 0. The number of anilines is 1. The molecular formula is C23H18N4O5S. The van der Waals surface area contributed by atoms with Gasteiger partial charge in [0.25, 0.3) is 11.6 Å². The van der Waals surface area contributed by atoms with Gasteiger partial charge in [0.05, 0.1) is 10.5 Å². The molecule has 1 amide bonds. The molecule has 0 bridgehead atoms. The lowest BCUT2D eigenvalue weighted by Crippen LogP contribution is -2.34. The molecule has 33 heavy (non-hydrogen) atoms. The summed E-state index contributed by atoms with van der Waals surface area (Å²) in [6.45, 7) is 3.44. The molecule has 1 aromatic heterocycles. The Labute approximate surface area is 193 Å². The van der Waals surface area contributed by atoms with E-state index in [1.807, 2.05) is 25.1 Å². The minimum atomic E-state index is -0.587. The highest BCUT2D eigenvalue weighted by atomic mass is 32.1. The molecule has 0 aliphatic heterocycles. The highest BCUT2D eigenvalue weighted by Crippen LogP contribution is 2.33.